The number of hydrogen-bond acceptors (Lipinski definition) is 6. The maximum Gasteiger partial charge on any atom is 0.573 e. The standard InChI is InChI=1S/C22H22F3N5O3S/c1-3-26-20(31)15-7-9-16(10-8-15)30-18(13-34-2)19(28-29-30)21(32)27-12-14-5-4-6-17(11-14)33-22(23,24)25/h4-11H,3,12-13H2,1-2H3,(H,26,31)(H,27,32). The van der Waals surface area contributed by atoms with E-state index in [0.717, 1.165) is 0 Å². The molecule has 0 saturated carbocycles. The van der Waals surface area contributed by atoms with E-state index in [1.165, 1.54) is 34.6 Å². The first-order valence-corrected chi connectivity index (χ1v) is 11.6. The van der Waals surface area contributed by atoms with Crippen LogP contribution in [0.2, 0.25) is 0 Å². The highest BCUT2D eigenvalue weighted by Gasteiger charge is 2.31. The molecular weight excluding hydrogens is 471 g/mol. The lowest BCUT2D eigenvalue weighted by atomic mass is 10.2. The molecule has 0 spiro atoms. The second-order valence-corrected chi connectivity index (χ2v) is 7.88. The number of carbonyl (C=O) groups is 2. The van der Waals surface area contributed by atoms with E-state index in [-0.39, 0.29) is 23.9 Å². The molecule has 0 fully saturated rings. The van der Waals surface area contributed by atoms with Gasteiger partial charge in [-0.05, 0) is 55.1 Å². The predicted molar refractivity (Wildman–Crippen MR) is 121 cm³/mol. The van der Waals surface area contributed by atoms with E-state index in [2.05, 4.69) is 25.7 Å². The smallest absolute Gasteiger partial charge is 0.406 e. The summed E-state index contributed by atoms with van der Waals surface area (Å²) in [7, 11) is 0. The minimum absolute atomic E-state index is 0.0271. The van der Waals surface area contributed by atoms with Gasteiger partial charge in [-0.1, -0.05) is 17.3 Å². The molecule has 0 unspecified atom stereocenters. The first kappa shape index (κ1) is 25.1. The quantitative estimate of drug-likeness (QED) is 0.472. The van der Waals surface area contributed by atoms with Crippen LogP contribution in [0.25, 0.3) is 5.69 Å². The lowest BCUT2D eigenvalue weighted by Crippen LogP contribution is -2.24. The minimum atomic E-state index is -4.80. The Morgan fingerprint density at radius 3 is 2.47 bits per heavy atom. The number of halogens is 3. The highest BCUT2D eigenvalue weighted by atomic mass is 32.2. The molecule has 0 aliphatic carbocycles. The Morgan fingerprint density at radius 2 is 1.82 bits per heavy atom. The first-order valence-electron chi connectivity index (χ1n) is 10.2. The summed E-state index contributed by atoms with van der Waals surface area (Å²) in [5.41, 5.74) is 2.19. The zero-order chi connectivity index (χ0) is 24.7. The van der Waals surface area contributed by atoms with Crippen molar-refractivity contribution in [2.24, 2.45) is 0 Å². The molecule has 8 nitrogen and oxygen atoms in total. The van der Waals surface area contributed by atoms with Gasteiger partial charge in [0.2, 0.25) is 0 Å². The van der Waals surface area contributed by atoms with Gasteiger partial charge < -0.3 is 15.4 Å². The van der Waals surface area contributed by atoms with E-state index in [4.69, 9.17) is 0 Å². The van der Waals surface area contributed by atoms with Crippen molar-refractivity contribution >= 4 is 23.6 Å². The molecular formula is C22H22F3N5O3S. The third-order valence-electron chi connectivity index (χ3n) is 4.56. The average Bonchev–Trinajstić information content (AvgIpc) is 3.21. The zero-order valence-electron chi connectivity index (χ0n) is 18.3. The fourth-order valence-electron chi connectivity index (χ4n) is 3.09. The summed E-state index contributed by atoms with van der Waals surface area (Å²) in [6.45, 7) is 2.32. The molecule has 0 saturated heterocycles. The molecule has 1 aromatic heterocycles. The molecule has 2 aromatic carbocycles. The summed E-state index contributed by atoms with van der Waals surface area (Å²) in [6, 6.07) is 12.1. The van der Waals surface area contributed by atoms with Crippen LogP contribution in [-0.4, -0.2) is 46.0 Å². The van der Waals surface area contributed by atoms with Crippen LogP contribution in [0.1, 0.15) is 39.0 Å². The summed E-state index contributed by atoms with van der Waals surface area (Å²) in [5.74, 6) is -0.648. The Balaban J connectivity index is 1.76. The second-order valence-electron chi connectivity index (χ2n) is 7.01. The van der Waals surface area contributed by atoms with Gasteiger partial charge in [0, 0.05) is 24.4 Å². The van der Waals surface area contributed by atoms with E-state index in [0.29, 0.717) is 34.8 Å². The lowest BCUT2D eigenvalue weighted by molar-refractivity contribution is -0.274. The molecule has 0 atom stereocenters. The normalized spacial score (nSPS) is 11.2. The van der Waals surface area contributed by atoms with Gasteiger partial charge in [0.05, 0.1) is 11.4 Å². The fourth-order valence-corrected chi connectivity index (χ4v) is 3.62. The SMILES string of the molecule is CCNC(=O)c1ccc(-n2nnc(C(=O)NCc3cccc(OC(F)(F)F)c3)c2CSC)cc1. The number of aromatic nitrogens is 3. The van der Waals surface area contributed by atoms with Gasteiger partial charge >= 0.3 is 6.36 Å². The van der Waals surface area contributed by atoms with Crippen LogP contribution in [0.5, 0.6) is 5.75 Å². The highest BCUT2D eigenvalue weighted by molar-refractivity contribution is 7.97. The maximum atomic E-state index is 12.8. The number of alkyl halides is 3. The van der Waals surface area contributed by atoms with Crippen molar-refractivity contribution in [3.8, 4) is 11.4 Å². The van der Waals surface area contributed by atoms with Crippen molar-refractivity contribution in [2.45, 2.75) is 25.6 Å². The van der Waals surface area contributed by atoms with E-state index in [9.17, 15) is 22.8 Å². The highest BCUT2D eigenvalue weighted by Crippen LogP contribution is 2.23. The molecule has 0 aliphatic heterocycles. The molecule has 3 rings (SSSR count). The number of thioether (sulfide) groups is 1. The summed E-state index contributed by atoms with van der Waals surface area (Å²) >= 11 is 1.47. The lowest BCUT2D eigenvalue weighted by Gasteiger charge is -2.11. The number of benzene rings is 2. The largest absolute Gasteiger partial charge is 0.573 e. The molecule has 1 heterocycles. The van der Waals surface area contributed by atoms with E-state index < -0.39 is 12.3 Å². The minimum Gasteiger partial charge on any atom is -0.406 e. The summed E-state index contributed by atoms with van der Waals surface area (Å²) in [5, 5.41) is 13.5. The van der Waals surface area contributed by atoms with E-state index in [1.54, 1.807) is 30.3 Å². The van der Waals surface area contributed by atoms with Gasteiger partial charge in [0.15, 0.2) is 5.69 Å². The number of hydrogen-bond donors (Lipinski definition) is 2. The van der Waals surface area contributed by atoms with Crippen LogP contribution >= 0.6 is 11.8 Å². The Labute approximate surface area is 197 Å². The van der Waals surface area contributed by atoms with Crippen LogP contribution in [0, 0.1) is 0 Å². The summed E-state index contributed by atoms with van der Waals surface area (Å²) in [6.07, 6.45) is -2.94. The van der Waals surface area contributed by atoms with Crippen LogP contribution in [0.3, 0.4) is 0 Å². The summed E-state index contributed by atoms with van der Waals surface area (Å²) < 4.78 is 42.7. The van der Waals surface area contributed by atoms with Crippen LogP contribution < -0.4 is 15.4 Å². The second kappa shape index (κ2) is 11.1. The zero-order valence-corrected chi connectivity index (χ0v) is 19.2. The summed E-state index contributed by atoms with van der Waals surface area (Å²) in [4.78, 5) is 24.8. The molecule has 2 amide bonds. The van der Waals surface area contributed by atoms with E-state index >= 15 is 0 Å². The molecule has 0 aliphatic rings. The van der Waals surface area contributed by atoms with Crippen LogP contribution in [-0.2, 0) is 12.3 Å². The number of nitrogens with zero attached hydrogens (tertiary/aromatic N) is 3. The number of nitrogens with one attached hydrogen (secondary N) is 2. The molecule has 180 valence electrons. The molecule has 34 heavy (non-hydrogen) atoms. The third-order valence-corrected chi connectivity index (χ3v) is 5.12. The number of rotatable bonds is 9. The predicted octanol–water partition coefficient (Wildman–Crippen LogP) is 3.71. The topological polar surface area (TPSA) is 98.1 Å². The molecule has 2 N–H and O–H groups in total. The molecule has 0 radical (unpaired) electrons. The van der Waals surface area contributed by atoms with Crippen LogP contribution in [0.15, 0.2) is 48.5 Å². The average molecular weight is 494 g/mol. The van der Waals surface area contributed by atoms with Crippen molar-refractivity contribution in [3.63, 3.8) is 0 Å². The Morgan fingerprint density at radius 1 is 1.09 bits per heavy atom. The monoisotopic (exact) mass is 493 g/mol. The van der Waals surface area contributed by atoms with Crippen molar-refractivity contribution in [3.05, 3.63) is 71.0 Å². The van der Waals surface area contributed by atoms with Gasteiger partial charge in [-0.2, -0.15) is 11.8 Å². The molecule has 12 heteroatoms. The maximum absolute atomic E-state index is 12.8. The van der Waals surface area contributed by atoms with Crippen molar-refractivity contribution in [1.29, 1.82) is 0 Å². The third kappa shape index (κ3) is 6.50. The van der Waals surface area contributed by atoms with Crippen molar-refractivity contribution in [1.82, 2.24) is 25.6 Å². The van der Waals surface area contributed by atoms with Gasteiger partial charge in [-0.15, -0.1) is 18.3 Å². The number of carbonyl (C=O) groups excluding carboxylic acids is 2. The van der Waals surface area contributed by atoms with Gasteiger partial charge in [-0.3, -0.25) is 9.59 Å². The molecule has 3 aromatic rings. The Bertz CT molecular complexity index is 1150. The van der Waals surface area contributed by atoms with Crippen molar-refractivity contribution in [2.75, 3.05) is 12.8 Å². The van der Waals surface area contributed by atoms with Gasteiger partial charge in [0.25, 0.3) is 11.8 Å². The van der Waals surface area contributed by atoms with Crippen molar-refractivity contribution < 1.29 is 27.5 Å². The number of ether oxygens (including phenoxy) is 1. The molecule has 0 bridgehead atoms. The number of amides is 2. The van der Waals surface area contributed by atoms with Gasteiger partial charge in [-0.25, -0.2) is 4.68 Å². The van der Waals surface area contributed by atoms with Gasteiger partial charge in [0.1, 0.15) is 5.75 Å². The Kier molecular flexibility index (Phi) is 8.16. The fraction of sp³-hybridized carbons (Fsp3) is 0.273. The van der Waals surface area contributed by atoms with Crippen LogP contribution in [0.4, 0.5) is 13.2 Å². The first-order chi connectivity index (χ1) is 16.2. The van der Waals surface area contributed by atoms with E-state index in [1.807, 2.05) is 13.2 Å². The Hall–Kier alpha value is -3.54.